The minimum absolute atomic E-state index is 0.221. The molecule has 1 fully saturated rings. The first-order chi connectivity index (χ1) is 6.97. The van der Waals surface area contributed by atoms with Gasteiger partial charge in [-0.2, -0.15) is 0 Å². The topological polar surface area (TPSA) is 52.5 Å². The van der Waals surface area contributed by atoms with Crippen LogP contribution >= 0.6 is 0 Å². The van der Waals surface area contributed by atoms with Crippen molar-refractivity contribution in [2.24, 2.45) is 5.41 Å². The summed E-state index contributed by atoms with van der Waals surface area (Å²) in [6.07, 6.45) is 4.76. The quantitative estimate of drug-likeness (QED) is 0.606. The van der Waals surface area contributed by atoms with Crippen molar-refractivity contribution >= 4 is 0 Å². The van der Waals surface area contributed by atoms with Crippen molar-refractivity contribution in [1.82, 2.24) is 5.32 Å². The van der Waals surface area contributed by atoms with Gasteiger partial charge < -0.3 is 15.5 Å². The molecule has 0 spiro atoms. The summed E-state index contributed by atoms with van der Waals surface area (Å²) in [6, 6.07) is 0. The molecular formula is C12H25NO2. The summed E-state index contributed by atoms with van der Waals surface area (Å²) >= 11 is 0. The number of nitrogens with one attached hydrogen (secondary N) is 1. The van der Waals surface area contributed by atoms with Crippen LogP contribution in [-0.4, -0.2) is 35.5 Å². The van der Waals surface area contributed by atoms with E-state index in [4.69, 9.17) is 5.11 Å². The van der Waals surface area contributed by atoms with E-state index in [-0.39, 0.29) is 6.61 Å². The van der Waals surface area contributed by atoms with Crippen LogP contribution in [0.1, 0.15) is 46.0 Å². The Kier molecular flexibility index (Phi) is 4.56. The highest BCUT2D eigenvalue weighted by Gasteiger charge is 2.36. The number of aliphatic hydroxyl groups is 2. The van der Waals surface area contributed by atoms with Gasteiger partial charge in [-0.3, -0.25) is 0 Å². The lowest BCUT2D eigenvalue weighted by atomic mass is 9.71. The van der Waals surface area contributed by atoms with Crippen molar-refractivity contribution in [3.63, 3.8) is 0 Å². The largest absolute Gasteiger partial charge is 0.396 e. The minimum atomic E-state index is -0.509. The summed E-state index contributed by atoms with van der Waals surface area (Å²) in [5, 5.41) is 22.1. The van der Waals surface area contributed by atoms with Gasteiger partial charge in [0.2, 0.25) is 0 Å². The van der Waals surface area contributed by atoms with E-state index in [2.05, 4.69) is 19.2 Å². The summed E-state index contributed by atoms with van der Waals surface area (Å²) in [7, 11) is 0. The lowest BCUT2D eigenvalue weighted by molar-refractivity contribution is -0.0243. The van der Waals surface area contributed by atoms with Gasteiger partial charge in [0.1, 0.15) is 0 Å². The molecule has 1 aliphatic carbocycles. The fourth-order valence-corrected chi connectivity index (χ4v) is 2.09. The van der Waals surface area contributed by atoms with E-state index in [1.807, 2.05) is 0 Å². The van der Waals surface area contributed by atoms with Crippen LogP contribution in [0.25, 0.3) is 0 Å². The summed E-state index contributed by atoms with van der Waals surface area (Å²) in [5.74, 6) is 0. The number of hydrogen-bond donors (Lipinski definition) is 3. The molecule has 1 rings (SSSR count). The number of aliphatic hydroxyl groups excluding tert-OH is 1. The molecule has 3 heteroatoms. The highest BCUT2D eigenvalue weighted by molar-refractivity contribution is 4.90. The monoisotopic (exact) mass is 215 g/mol. The third kappa shape index (κ3) is 4.49. The van der Waals surface area contributed by atoms with E-state index in [9.17, 15) is 5.11 Å². The second-order valence-corrected chi connectivity index (χ2v) is 5.64. The fourth-order valence-electron chi connectivity index (χ4n) is 2.09. The normalized spacial score (nSPS) is 24.0. The molecule has 0 atom stereocenters. The van der Waals surface area contributed by atoms with E-state index < -0.39 is 5.60 Å². The first-order valence-electron chi connectivity index (χ1n) is 6.01. The molecule has 0 unspecified atom stereocenters. The molecule has 1 aliphatic rings. The van der Waals surface area contributed by atoms with Crippen molar-refractivity contribution in [3.05, 3.63) is 0 Å². The van der Waals surface area contributed by atoms with Crippen LogP contribution < -0.4 is 5.32 Å². The maximum absolute atomic E-state index is 10.3. The third-order valence-corrected chi connectivity index (χ3v) is 3.50. The lowest BCUT2D eigenvalue weighted by Gasteiger charge is -2.40. The van der Waals surface area contributed by atoms with Crippen LogP contribution in [0.5, 0.6) is 0 Å². The zero-order chi connectivity index (χ0) is 11.4. The molecular weight excluding hydrogens is 190 g/mol. The van der Waals surface area contributed by atoms with Gasteiger partial charge in [-0.25, -0.2) is 0 Å². The van der Waals surface area contributed by atoms with Crippen molar-refractivity contribution < 1.29 is 10.2 Å². The van der Waals surface area contributed by atoms with Crippen LogP contribution in [0.15, 0.2) is 0 Å². The summed E-state index contributed by atoms with van der Waals surface area (Å²) in [5.41, 5.74) is -0.109. The van der Waals surface area contributed by atoms with Crippen molar-refractivity contribution in [3.8, 4) is 0 Å². The molecule has 0 heterocycles. The standard InChI is InChI=1S/C12H25NO2/c1-11(2)4-6-12(15,7-5-11)10-13-8-3-9-14/h13-15H,3-10H2,1-2H3. The molecule has 0 aromatic carbocycles. The van der Waals surface area contributed by atoms with E-state index >= 15 is 0 Å². The van der Waals surface area contributed by atoms with Crippen molar-refractivity contribution in [2.45, 2.75) is 51.6 Å². The highest BCUT2D eigenvalue weighted by atomic mass is 16.3. The lowest BCUT2D eigenvalue weighted by Crippen LogP contribution is -2.45. The summed E-state index contributed by atoms with van der Waals surface area (Å²) in [6.45, 7) is 6.22. The Hall–Kier alpha value is -0.120. The average Bonchev–Trinajstić information content (AvgIpc) is 2.19. The van der Waals surface area contributed by atoms with Crippen LogP contribution in [-0.2, 0) is 0 Å². The third-order valence-electron chi connectivity index (χ3n) is 3.50. The number of rotatable bonds is 5. The maximum atomic E-state index is 10.3. The van der Waals surface area contributed by atoms with Gasteiger partial charge in [0.15, 0.2) is 0 Å². The Morgan fingerprint density at radius 1 is 1.13 bits per heavy atom. The van der Waals surface area contributed by atoms with Crippen LogP contribution in [0.3, 0.4) is 0 Å². The molecule has 0 amide bonds. The molecule has 3 N–H and O–H groups in total. The van der Waals surface area contributed by atoms with E-state index in [1.54, 1.807) is 0 Å². The van der Waals surface area contributed by atoms with Gasteiger partial charge in [0.05, 0.1) is 5.60 Å². The zero-order valence-electron chi connectivity index (χ0n) is 10.1. The van der Waals surface area contributed by atoms with Gasteiger partial charge in [0.25, 0.3) is 0 Å². The van der Waals surface area contributed by atoms with Crippen LogP contribution in [0.4, 0.5) is 0 Å². The van der Waals surface area contributed by atoms with Gasteiger partial charge in [-0.15, -0.1) is 0 Å². The average molecular weight is 215 g/mol. The Morgan fingerprint density at radius 3 is 2.27 bits per heavy atom. The van der Waals surface area contributed by atoms with Crippen LogP contribution in [0, 0.1) is 5.41 Å². The fraction of sp³-hybridized carbons (Fsp3) is 1.00. The van der Waals surface area contributed by atoms with Gasteiger partial charge >= 0.3 is 0 Å². The first-order valence-corrected chi connectivity index (χ1v) is 6.01. The molecule has 0 aromatic heterocycles. The highest BCUT2D eigenvalue weighted by Crippen LogP contribution is 2.39. The van der Waals surface area contributed by atoms with E-state index in [0.29, 0.717) is 12.0 Å². The Balaban J connectivity index is 2.23. The number of hydrogen-bond acceptors (Lipinski definition) is 3. The molecule has 90 valence electrons. The molecule has 15 heavy (non-hydrogen) atoms. The molecule has 0 aromatic rings. The Labute approximate surface area is 92.9 Å². The molecule has 0 aliphatic heterocycles. The molecule has 0 bridgehead atoms. The second-order valence-electron chi connectivity index (χ2n) is 5.64. The van der Waals surface area contributed by atoms with Crippen LogP contribution in [0.2, 0.25) is 0 Å². The molecule has 0 saturated heterocycles. The zero-order valence-corrected chi connectivity index (χ0v) is 10.1. The Morgan fingerprint density at radius 2 is 1.73 bits per heavy atom. The SMILES string of the molecule is CC1(C)CCC(O)(CNCCCO)CC1. The summed E-state index contributed by atoms with van der Waals surface area (Å²) in [4.78, 5) is 0. The first kappa shape index (κ1) is 12.9. The molecule has 3 nitrogen and oxygen atoms in total. The predicted molar refractivity (Wildman–Crippen MR) is 61.8 cm³/mol. The van der Waals surface area contributed by atoms with E-state index in [0.717, 1.165) is 38.6 Å². The maximum Gasteiger partial charge on any atom is 0.0772 e. The van der Waals surface area contributed by atoms with E-state index in [1.165, 1.54) is 0 Å². The molecule has 1 saturated carbocycles. The van der Waals surface area contributed by atoms with Gasteiger partial charge in [-0.1, -0.05) is 13.8 Å². The predicted octanol–water partition coefficient (Wildman–Crippen LogP) is 1.29. The minimum Gasteiger partial charge on any atom is -0.396 e. The summed E-state index contributed by atoms with van der Waals surface area (Å²) < 4.78 is 0. The smallest absolute Gasteiger partial charge is 0.0772 e. The van der Waals surface area contributed by atoms with Crippen molar-refractivity contribution in [1.29, 1.82) is 0 Å². The van der Waals surface area contributed by atoms with Gasteiger partial charge in [0, 0.05) is 13.2 Å². The van der Waals surface area contributed by atoms with Gasteiger partial charge in [-0.05, 0) is 44.1 Å². The molecule has 0 radical (unpaired) electrons. The Bertz CT molecular complexity index is 182. The van der Waals surface area contributed by atoms with Crippen molar-refractivity contribution in [2.75, 3.05) is 19.7 Å². The second kappa shape index (κ2) is 5.28.